The van der Waals surface area contributed by atoms with Crippen LogP contribution in [0.3, 0.4) is 0 Å². The van der Waals surface area contributed by atoms with Crippen molar-refractivity contribution in [2.45, 2.75) is 13.0 Å². The van der Waals surface area contributed by atoms with Crippen molar-refractivity contribution in [1.29, 1.82) is 0 Å². The predicted molar refractivity (Wildman–Crippen MR) is 66.4 cm³/mol. The quantitative estimate of drug-likeness (QED) is 0.881. The molecule has 2 nitrogen and oxygen atoms in total. The molecule has 1 aromatic carbocycles. The second-order valence-electron chi connectivity index (χ2n) is 3.26. The maximum Gasteiger partial charge on any atom is 0.217 e. The molecular weight excluding hydrogens is 230 g/mol. The first-order valence-corrected chi connectivity index (χ1v) is 6.42. The molecule has 82 valence electrons. The minimum Gasteiger partial charge on any atom is -0.349 e. The SMILES string of the molecule is CSC[C@@H](NC(C)=O)c1ccc(Cl)cc1. The van der Waals surface area contributed by atoms with Crippen molar-refractivity contribution >= 4 is 29.3 Å². The van der Waals surface area contributed by atoms with E-state index in [2.05, 4.69) is 5.32 Å². The minimum absolute atomic E-state index is 0.0102. The molecule has 0 aromatic heterocycles. The van der Waals surface area contributed by atoms with Gasteiger partial charge in [-0.15, -0.1) is 0 Å². The van der Waals surface area contributed by atoms with Crippen molar-refractivity contribution in [3.63, 3.8) is 0 Å². The van der Waals surface area contributed by atoms with Gasteiger partial charge in [-0.05, 0) is 24.0 Å². The fourth-order valence-corrected chi connectivity index (χ4v) is 2.06. The van der Waals surface area contributed by atoms with Gasteiger partial charge in [-0.25, -0.2) is 0 Å². The number of benzene rings is 1. The van der Waals surface area contributed by atoms with Crippen molar-refractivity contribution in [2.75, 3.05) is 12.0 Å². The van der Waals surface area contributed by atoms with Crippen molar-refractivity contribution in [2.24, 2.45) is 0 Å². The lowest BCUT2D eigenvalue weighted by Gasteiger charge is -2.17. The number of nitrogens with one attached hydrogen (secondary N) is 1. The van der Waals surface area contributed by atoms with Crippen LogP contribution in [0, 0.1) is 0 Å². The van der Waals surface area contributed by atoms with Crippen LogP contribution in [0.15, 0.2) is 24.3 Å². The summed E-state index contributed by atoms with van der Waals surface area (Å²) >= 11 is 7.51. The number of hydrogen-bond acceptors (Lipinski definition) is 2. The molecule has 0 unspecified atom stereocenters. The summed E-state index contributed by atoms with van der Waals surface area (Å²) in [4.78, 5) is 11.0. The normalized spacial score (nSPS) is 12.2. The Bertz CT molecular complexity index is 326. The number of halogens is 1. The molecule has 1 N–H and O–H groups in total. The van der Waals surface area contributed by atoms with Gasteiger partial charge in [-0.2, -0.15) is 11.8 Å². The van der Waals surface area contributed by atoms with Crippen molar-refractivity contribution < 1.29 is 4.79 Å². The molecule has 1 amide bonds. The monoisotopic (exact) mass is 243 g/mol. The second-order valence-corrected chi connectivity index (χ2v) is 4.61. The van der Waals surface area contributed by atoms with E-state index >= 15 is 0 Å². The van der Waals surface area contributed by atoms with Gasteiger partial charge in [0.25, 0.3) is 0 Å². The van der Waals surface area contributed by atoms with E-state index < -0.39 is 0 Å². The summed E-state index contributed by atoms with van der Waals surface area (Å²) in [6, 6.07) is 7.63. The van der Waals surface area contributed by atoms with Crippen molar-refractivity contribution in [1.82, 2.24) is 5.32 Å². The highest BCUT2D eigenvalue weighted by Gasteiger charge is 2.11. The van der Waals surface area contributed by atoms with Gasteiger partial charge in [0.2, 0.25) is 5.91 Å². The summed E-state index contributed by atoms with van der Waals surface area (Å²) in [6.45, 7) is 1.53. The molecule has 15 heavy (non-hydrogen) atoms. The van der Waals surface area contributed by atoms with Gasteiger partial charge in [0.05, 0.1) is 6.04 Å². The third kappa shape index (κ3) is 4.14. The number of thioether (sulfide) groups is 1. The highest BCUT2D eigenvalue weighted by molar-refractivity contribution is 7.98. The maximum absolute atomic E-state index is 11.0. The zero-order valence-corrected chi connectivity index (χ0v) is 10.4. The standard InChI is InChI=1S/C11H14ClNOS/c1-8(14)13-11(7-15-2)9-3-5-10(12)6-4-9/h3-6,11H,7H2,1-2H3,(H,13,14)/t11-/m1/s1. The molecule has 0 aliphatic carbocycles. The van der Waals surface area contributed by atoms with Crippen LogP contribution in [0.25, 0.3) is 0 Å². The average molecular weight is 244 g/mol. The van der Waals surface area contributed by atoms with E-state index in [9.17, 15) is 4.79 Å². The van der Waals surface area contributed by atoms with E-state index in [0.29, 0.717) is 5.02 Å². The summed E-state index contributed by atoms with van der Waals surface area (Å²) < 4.78 is 0. The maximum atomic E-state index is 11.0. The van der Waals surface area contributed by atoms with E-state index in [1.54, 1.807) is 11.8 Å². The Labute approximate surface area is 99.4 Å². The summed E-state index contributed by atoms with van der Waals surface area (Å²) in [5, 5.41) is 3.63. The number of amides is 1. The third-order valence-corrected chi connectivity index (χ3v) is 2.90. The molecule has 0 aliphatic rings. The zero-order valence-electron chi connectivity index (χ0n) is 8.79. The number of hydrogen-bond donors (Lipinski definition) is 1. The van der Waals surface area contributed by atoms with E-state index in [4.69, 9.17) is 11.6 Å². The fraction of sp³-hybridized carbons (Fsp3) is 0.364. The zero-order chi connectivity index (χ0) is 11.3. The average Bonchev–Trinajstić information content (AvgIpc) is 2.17. The number of carbonyl (C=O) groups excluding carboxylic acids is 1. The van der Waals surface area contributed by atoms with Gasteiger partial charge in [-0.1, -0.05) is 23.7 Å². The van der Waals surface area contributed by atoms with Crippen LogP contribution >= 0.6 is 23.4 Å². The second kappa shape index (κ2) is 6.03. The van der Waals surface area contributed by atoms with Gasteiger partial charge in [0, 0.05) is 17.7 Å². The third-order valence-electron chi connectivity index (χ3n) is 1.98. The van der Waals surface area contributed by atoms with Crippen molar-refractivity contribution in [3.8, 4) is 0 Å². The van der Waals surface area contributed by atoms with Gasteiger partial charge in [0.15, 0.2) is 0 Å². The molecule has 0 bridgehead atoms. The van der Waals surface area contributed by atoms with Crippen LogP contribution in [0.5, 0.6) is 0 Å². The van der Waals surface area contributed by atoms with Crippen LogP contribution in [0.2, 0.25) is 5.02 Å². The van der Waals surface area contributed by atoms with E-state index in [-0.39, 0.29) is 11.9 Å². The van der Waals surface area contributed by atoms with Crippen molar-refractivity contribution in [3.05, 3.63) is 34.9 Å². The lowest BCUT2D eigenvalue weighted by Crippen LogP contribution is -2.27. The van der Waals surface area contributed by atoms with Gasteiger partial charge < -0.3 is 5.32 Å². The van der Waals surface area contributed by atoms with Gasteiger partial charge in [0.1, 0.15) is 0 Å². The van der Waals surface area contributed by atoms with Crippen LogP contribution in [-0.4, -0.2) is 17.9 Å². The van der Waals surface area contributed by atoms with Gasteiger partial charge >= 0.3 is 0 Å². The number of rotatable bonds is 4. The molecular formula is C11H14ClNOS. The smallest absolute Gasteiger partial charge is 0.217 e. The van der Waals surface area contributed by atoms with E-state index in [1.165, 1.54) is 6.92 Å². The lowest BCUT2D eigenvalue weighted by atomic mass is 10.1. The Morgan fingerprint density at radius 2 is 2.07 bits per heavy atom. The predicted octanol–water partition coefficient (Wildman–Crippen LogP) is 2.88. The summed E-state index contributed by atoms with van der Waals surface area (Å²) in [5.74, 6) is 0.852. The number of carbonyl (C=O) groups is 1. The van der Waals surface area contributed by atoms with Gasteiger partial charge in [-0.3, -0.25) is 4.79 Å². The highest BCUT2D eigenvalue weighted by Crippen LogP contribution is 2.19. The van der Waals surface area contributed by atoms with E-state index in [1.807, 2.05) is 30.5 Å². The molecule has 0 saturated heterocycles. The Kier molecular flexibility index (Phi) is 4.99. The molecule has 0 spiro atoms. The summed E-state index contributed by atoms with van der Waals surface area (Å²) in [5.41, 5.74) is 1.09. The molecule has 4 heteroatoms. The first-order valence-electron chi connectivity index (χ1n) is 4.65. The topological polar surface area (TPSA) is 29.1 Å². The largest absolute Gasteiger partial charge is 0.349 e. The van der Waals surface area contributed by atoms with Crippen LogP contribution in [0.1, 0.15) is 18.5 Å². The summed E-state index contributed by atoms with van der Waals surface area (Å²) in [6.07, 6.45) is 2.02. The Morgan fingerprint density at radius 1 is 1.47 bits per heavy atom. The molecule has 1 atom stereocenters. The minimum atomic E-state index is -0.0102. The summed E-state index contributed by atoms with van der Waals surface area (Å²) in [7, 11) is 0. The lowest BCUT2D eigenvalue weighted by molar-refractivity contribution is -0.119. The van der Waals surface area contributed by atoms with E-state index in [0.717, 1.165) is 11.3 Å². The molecule has 0 fully saturated rings. The molecule has 0 radical (unpaired) electrons. The molecule has 1 rings (SSSR count). The molecule has 0 saturated carbocycles. The first-order chi connectivity index (χ1) is 7.13. The molecule has 0 aliphatic heterocycles. The Hall–Kier alpha value is -0.670. The van der Waals surface area contributed by atoms with Crippen LogP contribution < -0.4 is 5.32 Å². The molecule has 0 heterocycles. The first kappa shape index (κ1) is 12.4. The fourth-order valence-electron chi connectivity index (χ4n) is 1.33. The van der Waals surface area contributed by atoms with Crippen LogP contribution in [-0.2, 0) is 4.79 Å². The highest BCUT2D eigenvalue weighted by atomic mass is 35.5. The van der Waals surface area contributed by atoms with Crippen LogP contribution in [0.4, 0.5) is 0 Å². The molecule has 1 aromatic rings. The Morgan fingerprint density at radius 3 is 2.53 bits per heavy atom. The Balaban J connectivity index is 2.78.